The van der Waals surface area contributed by atoms with Gasteiger partial charge in [-0.15, -0.1) is 0 Å². The van der Waals surface area contributed by atoms with Gasteiger partial charge in [-0.3, -0.25) is 9.78 Å². The summed E-state index contributed by atoms with van der Waals surface area (Å²) in [5.41, 5.74) is 2.44. The third-order valence-electron chi connectivity index (χ3n) is 5.25. The van der Waals surface area contributed by atoms with Crippen LogP contribution in [0.1, 0.15) is 29.9 Å². The zero-order valence-corrected chi connectivity index (χ0v) is 18.2. The topological polar surface area (TPSA) is 59.4 Å². The number of methoxy groups -OCH3 is 1. The summed E-state index contributed by atoms with van der Waals surface area (Å²) in [6, 6.07) is 13.7. The Morgan fingerprint density at radius 3 is 2.84 bits per heavy atom. The average Bonchev–Trinajstić information content (AvgIpc) is 3.38. The zero-order valence-electron chi connectivity index (χ0n) is 16.7. The minimum absolute atomic E-state index is 0.0426. The Hall–Kier alpha value is -2.97. The fourth-order valence-electron chi connectivity index (χ4n) is 3.79. The molecular formula is C22H20ClFN4O2S. The number of nitrogens with zero attached hydrogens (tertiary/aromatic N) is 3. The van der Waals surface area contributed by atoms with Crippen molar-refractivity contribution in [2.45, 2.75) is 18.5 Å². The molecule has 0 bridgehead atoms. The second-order valence-corrected chi connectivity index (χ2v) is 7.84. The SMILES string of the molecule is COC(=O)CCN1C(=S)N[C@H](c2ccccn2)[C@@H]1c1cccn1-c1ccc(F)c(Cl)c1. The number of hydrogen-bond acceptors (Lipinski definition) is 4. The van der Waals surface area contributed by atoms with Crippen LogP contribution in [0.25, 0.3) is 5.69 Å². The molecular weight excluding hydrogens is 439 g/mol. The van der Waals surface area contributed by atoms with Crippen molar-refractivity contribution < 1.29 is 13.9 Å². The number of aromatic nitrogens is 2. The van der Waals surface area contributed by atoms with Crippen LogP contribution in [0, 0.1) is 5.82 Å². The van der Waals surface area contributed by atoms with E-state index in [1.54, 1.807) is 18.3 Å². The van der Waals surface area contributed by atoms with Gasteiger partial charge in [-0.25, -0.2) is 4.39 Å². The van der Waals surface area contributed by atoms with Crippen LogP contribution in [-0.4, -0.2) is 39.2 Å². The average molecular weight is 459 g/mol. The molecule has 6 nitrogen and oxygen atoms in total. The van der Waals surface area contributed by atoms with Crippen molar-refractivity contribution in [3.05, 3.63) is 83.2 Å². The zero-order chi connectivity index (χ0) is 22.0. The van der Waals surface area contributed by atoms with E-state index in [4.69, 9.17) is 28.6 Å². The standard InChI is InChI=1S/C22H20ClFN4O2S/c1-30-19(29)9-12-28-21(20(26-22(28)31)17-5-2-3-10-25-17)18-6-4-11-27(18)14-7-8-16(24)15(23)13-14/h2-8,10-11,13,20-21H,9,12H2,1H3,(H,26,31)/t20-,21+/m1/s1. The molecule has 0 saturated carbocycles. The van der Waals surface area contributed by atoms with Crippen LogP contribution in [0.15, 0.2) is 60.9 Å². The lowest BCUT2D eigenvalue weighted by Gasteiger charge is -2.28. The monoisotopic (exact) mass is 458 g/mol. The lowest BCUT2D eigenvalue weighted by molar-refractivity contribution is -0.140. The predicted molar refractivity (Wildman–Crippen MR) is 120 cm³/mol. The van der Waals surface area contributed by atoms with E-state index in [2.05, 4.69) is 10.3 Å². The Morgan fingerprint density at radius 1 is 1.29 bits per heavy atom. The minimum Gasteiger partial charge on any atom is -0.469 e. The molecule has 0 unspecified atom stereocenters. The fourth-order valence-corrected chi connectivity index (χ4v) is 4.29. The van der Waals surface area contributed by atoms with Crippen molar-refractivity contribution in [2.75, 3.05) is 13.7 Å². The van der Waals surface area contributed by atoms with Gasteiger partial charge in [0.1, 0.15) is 5.82 Å². The molecule has 0 radical (unpaired) electrons. The van der Waals surface area contributed by atoms with E-state index in [9.17, 15) is 9.18 Å². The first-order valence-corrected chi connectivity index (χ1v) is 10.5. The van der Waals surface area contributed by atoms with E-state index >= 15 is 0 Å². The lowest BCUT2D eigenvalue weighted by atomic mass is 10.0. The van der Waals surface area contributed by atoms with Gasteiger partial charge in [0.05, 0.1) is 36.3 Å². The molecule has 3 aromatic rings. The molecule has 9 heteroatoms. The minimum atomic E-state index is -0.478. The molecule has 2 aromatic heterocycles. The highest BCUT2D eigenvalue weighted by Crippen LogP contribution is 2.39. The predicted octanol–water partition coefficient (Wildman–Crippen LogP) is 4.20. The summed E-state index contributed by atoms with van der Waals surface area (Å²) in [6.45, 7) is 0.377. The van der Waals surface area contributed by atoms with Gasteiger partial charge in [0.15, 0.2) is 5.11 Å². The number of hydrogen-bond donors (Lipinski definition) is 1. The summed E-state index contributed by atoms with van der Waals surface area (Å²) in [5, 5.41) is 3.91. The van der Waals surface area contributed by atoms with Crippen molar-refractivity contribution in [3.8, 4) is 5.69 Å². The lowest BCUT2D eigenvalue weighted by Crippen LogP contribution is -2.32. The Balaban J connectivity index is 1.77. The van der Waals surface area contributed by atoms with Crippen molar-refractivity contribution in [1.82, 2.24) is 19.8 Å². The number of thiocarbonyl (C=S) groups is 1. The number of benzene rings is 1. The summed E-state index contributed by atoms with van der Waals surface area (Å²) in [5.74, 6) is -0.794. The third-order valence-corrected chi connectivity index (χ3v) is 5.89. The molecule has 1 N–H and O–H groups in total. The molecule has 1 aliphatic heterocycles. The second kappa shape index (κ2) is 9.03. The molecule has 2 atom stereocenters. The van der Waals surface area contributed by atoms with Crippen molar-refractivity contribution in [1.29, 1.82) is 0 Å². The van der Waals surface area contributed by atoms with E-state index in [0.29, 0.717) is 11.7 Å². The maximum absolute atomic E-state index is 13.7. The van der Waals surface area contributed by atoms with Gasteiger partial charge < -0.3 is 19.5 Å². The van der Waals surface area contributed by atoms with Crippen LogP contribution < -0.4 is 5.32 Å². The summed E-state index contributed by atoms with van der Waals surface area (Å²) in [4.78, 5) is 18.3. The molecule has 4 rings (SSSR count). The molecule has 1 fully saturated rings. The summed E-state index contributed by atoms with van der Waals surface area (Å²) in [6.07, 6.45) is 3.80. The number of ether oxygens (including phenoxy) is 1. The largest absolute Gasteiger partial charge is 0.469 e. The first-order valence-electron chi connectivity index (χ1n) is 9.67. The van der Waals surface area contributed by atoms with Crippen LogP contribution in [0.2, 0.25) is 5.02 Å². The van der Waals surface area contributed by atoms with E-state index in [1.807, 2.05) is 46.0 Å². The molecule has 0 aliphatic carbocycles. The second-order valence-electron chi connectivity index (χ2n) is 7.05. The van der Waals surface area contributed by atoms with Crippen molar-refractivity contribution >= 4 is 34.9 Å². The quantitative estimate of drug-likeness (QED) is 0.441. The molecule has 0 amide bonds. The third kappa shape index (κ3) is 4.26. The summed E-state index contributed by atoms with van der Waals surface area (Å²) in [7, 11) is 1.36. The van der Waals surface area contributed by atoms with E-state index in [0.717, 1.165) is 17.1 Å². The van der Waals surface area contributed by atoms with Gasteiger partial charge in [0.25, 0.3) is 0 Å². The van der Waals surface area contributed by atoms with Crippen LogP contribution >= 0.6 is 23.8 Å². The molecule has 0 spiro atoms. The van der Waals surface area contributed by atoms with Crippen LogP contribution in [0.3, 0.4) is 0 Å². The highest BCUT2D eigenvalue weighted by molar-refractivity contribution is 7.80. The maximum atomic E-state index is 13.7. The Bertz CT molecular complexity index is 1110. The van der Waals surface area contributed by atoms with Crippen LogP contribution in [0.4, 0.5) is 4.39 Å². The van der Waals surface area contributed by atoms with Gasteiger partial charge in [0, 0.05) is 30.3 Å². The van der Waals surface area contributed by atoms with E-state index in [1.165, 1.54) is 13.2 Å². The van der Waals surface area contributed by atoms with Gasteiger partial charge >= 0.3 is 5.97 Å². The first kappa shape index (κ1) is 21.3. The van der Waals surface area contributed by atoms with Crippen molar-refractivity contribution in [3.63, 3.8) is 0 Å². The number of esters is 1. The Morgan fingerprint density at radius 2 is 2.13 bits per heavy atom. The molecule has 1 aliphatic rings. The summed E-state index contributed by atoms with van der Waals surface area (Å²) < 4.78 is 20.5. The van der Waals surface area contributed by atoms with Crippen molar-refractivity contribution in [2.24, 2.45) is 0 Å². The number of pyridine rings is 1. The normalized spacial score (nSPS) is 18.2. The van der Waals surface area contributed by atoms with E-state index < -0.39 is 5.82 Å². The fraction of sp³-hybridized carbons (Fsp3) is 0.227. The van der Waals surface area contributed by atoms with E-state index in [-0.39, 0.29) is 29.5 Å². The highest BCUT2D eigenvalue weighted by Gasteiger charge is 2.41. The number of nitrogens with one attached hydrogen (secondary N) is 1. The summed E-state index contributed by atoms with van der Waals surface area (Å²) >= 11 is 11.6. The van der Waals surface area contributed by atoms with Gasteiger partial charge in [-0.2, -0.15) is 0 Å². The smallest absolute Gasteiger partial charge is 0.307 e. The number of carbonyl (C=O) groups is 1. The molecule has 160 valence electrons. The van der Waals surface area contributed by atoms with Gasteiger partial charge in [-0.05, 0) is 54.7 Å². The molecule has 31 heavy (non-hydrogen) atoms. The highest BCUT2D eigenvalue weighted by atomic mass is 35.5. The maximum Gasteiger partial charge on any atom is 0.307 e. The molecule has 1 aromatic carbocycles. The first-order chi connectivity index (χ1) is 15.0. The van der Waals surface area contributed by atoms with Crippen LogP contribution in [0.5, 0.6) is 0 Å². The Kier molecular flexibility index (Phi) is 6.20. The van der Waals surface area contributed by atoms with Gasteiger partial charge in [0.2, 0.25) is 0 Å². The number of rotatable bonds is 6. The molecule has 1 saturated heterocycles. The number of carbonyl (C=O) groups excluding carboxylic acids is 1. The van der Waals surface area contributed by atoms with Gasteiger partial charge in [-0.1, -0.05) is 17.7 Å². The molecule has 3 heterocycles. The van der Waals surface area contributed by atoms with Crippen LogP contribution in [-0.2, 0) is 9.53 Å². The number of halogens is 2. The Labute approximate surface area is 189 Å².